The minimum absolute atomic E-state index is 0.0432. The minimum Gasteiger partial charge on any atom is -0.497 e. The SMILES string of the molecule is COCC1CCN(C(=O)COc2ccc(OC)cc2)CC1. The summed E-state index contributed by atoms with van der Waals surface area (Å²) in [6.45, 7) is 2.45. The fraction of sp³-hybridized carbons (Fsp3) is 0.562. The van der Waals surface area contributed by atoms with Crippen LogP contribution in [-0.4, -0.2) is 51.3 Å². The van der Waals surface area contributed by atoms with Crippen molar-refractivity contribution in [2.45, 2.75) is 12.8 Å². The Balaban J connectivity index is 1.74. The van der Waals surface area contributed by atoms with E-state index in [1.54, 1.807) is 26.4 Å². The van der Waals surface area contributed by atoms with Crippen LogP contribution < -0.4 is 9.47 Å². The highest BCUT2D eigenvalue weighted by atomic mass is 16.5. The molecule has 1 amide bonds. The number of amides is 1. The van der Waals surface area contributed by atoms with E-state index in [4.69, 9.17) is 14.2 Å². The lowest BCUT2D eigenvalue weighted by molar-refractivity contribution is -0.135. The van der Waals surface area contributed by atoms with Crippen LogP contribution in [-0.2, 0) is 9.53 Å². The summed E-state index contributed by atoms with van der Waals surface area (Å²) in [7, 11) is 3.34. The molecule has 1 aliphatic heterocycles. The molecule has 1 fully saturated rings. The summed E-state index contributed by atoms with van der Waals surface area (Å²) in [5, 5.41) is 0. The van der Waals surface area contributed by atoms with Crippen molar-refractivity contribution in [3.63, 3.8) is 0 Å². The van der Waals surface area contributed by atoms with Crippen LogP contribution >= 0.6 is 0 Å². The van der Waals surface area contributed by atoms with Crippen molar-refractivity contribution in [2.24, 2.45) is 5.92 Å². The molecule has 0 aromatic heterocycles. The Hall–Kier alpha value is -1.75. The highest BCUT2D eigenvalue weighted by molar-refractivity contribution is 5.77. The van der Waals surface area contributed by atoms with Crippen LogP contribution in [0.3, 0.4) is 0 Å². The van der Waals surface area contributed by atoms with E-state index in [0.717, 1.165) is 38.3 Å². The number of benzene rings is 1. The number of rotatable bonds is 6. The van der Waals surface area contributed by atoms with Crippen LogP contribution in [0.4, 0.5) is 0 Å². The van der Waals surface area contributed by atoms with E-state index in [-0.39, 0.29) is 12.5 Å². The quantitative estimate of drug-likeness (QED) is 0.804. The summed E-state index contributed by atoms with van der Waals surface area (Å²) in [6, 6.07) is 7.24. The zero-order chi connectivity index (χ0) is 15.1. The van der Waals surface area contributed by atoms with Crippen LogP contribution in [0.25, 0.3) is 0 Å². The second-order valence-corrected chi connectivity index (χ2v) is 5.24. The van der Waals surface area contributed by atoms with Gasteiger partial charge in [-0.3, -0.25) is 4.79 Å². The molecule has 1 saturated heterocycles. The highest BCUT2D eigenvalue weighted by Gasteiger charge is 2.22. The van der Waals surface area contributed by atoms with E-state index in [2.05, 4.69) is 0 Å². The number of hydrogen-bond acceptors (Lipinski definition) is 4. The summed E-state index contributed by atoms with van der Waals surface area (Å²) in [5.74, 6) is 2.07. The van der Waals surface area contributed by atoms with Crippen LogP contribution in [0.15, 0.2) is 24.3 Å². The molecule has 0 saturated carbocycles. The second kappa shape index (κ2) is 7.88. The number of methoxy groups -OCH3 is 2. The van der Waals surface area contributed by atoms with E-state index in [9.17, 15) is 4.79 Å². The number of likely N-dealkylation sites (tertiary alicyclic amines) is 1. The molecule has 5 nitrogen and oxygen atoms in total. The van der Waals surface area contributed by atoms with E-state index in [1.165, 1.54) is 0 Å². The summed E-state index contributed by atoms with van der Waals surface area (Å²) < 4.78 is 15.8. The Morgan fingerprint density at radius 3 is 2.33 bits per heavy atom. The number of hydrogen-bond donors (Lipinski definition) is 0. The zero-order valence-electron chi connectivity index (χ0n) is 12.7. The molecule has 116 valence electrons. The Morgan fingerprint density at radius 2 is 1.76 bits per heavy atom. The maximum absolute atomic E-state index is 12.1. The van der Waals surface area contributed by atoms with Gasteiger partial charge in [0.15, 0.2) is 6.61 Å². The number of carbonyl (C=O) groups excluding carboxylic acids is 1. The van der Waals surface area contributed by atoms with Gasteiger partial charge >= 0.3 is 0 Å². The molecule has 0 spiro atoms. The van der Waals surface area contributed by atoms with Crippen molar-refractivity contribution in [1.82, 2.24) is 4.90 Å². The Kier molecular flexibility index (Phi) is 5.87. The van der Waals surface area contributed by atoms with Gasteiger partial charge in [-0.2, -0.15) is 0 Å². The standard InChI is InChI=1S/C16H23NO4/c1-19-11-13-7-9-17(10-8-13)16(18)12-21-15-5-3-14(20-2)4-6-15/h3-6,13H,7-12H2,1-2H3. The van der Waals surface area contributed by atoms with Crippen LogP contribution in [0.1, 0.15) is 12.8 Å². The molecule has 0 N–H and O–H groups in total. The Bertz CT molecular complexity index is 438. The third-order valence-corrected chi connectivity index (χ3v) is 3.79. The average Bonchev–Trinajstić information content (AvgIpc) is 2.54. The van der Waals surface area contributed by atoms with E-state index in [0.29, 0.717) is 11.7 Å². The number of carbonyl (C=O) groups is 1. The van der Waals surface area contributed by atoms with Gasteiger partial charge in [0.2, 0.25) is 0 Å². The molecule has 1 aromatic carbocycles. The lowest BCUT2D eigenvalue weighted by Crippen LogP contribution is -2.41. The smallest absolute Gasteiger partial charge is 0.260 e. The molecule has 0 atom stereocenters. The predicted molar refractivity (Wildman–Crippen MR) is 79.7 cm³/mol. The minimum atomic E-state index is 0.0432. The second-order valence-electron chi connectivity index (χ2n) is 5.24. The van der Waals surface area contributed by atoms with Crippen LogP contribution in [0.5, 0.6) is 11.5 Å². The summed E-state index contributed by atoms with van der Waals surface area (Å²) in [5.41, 5.74) is 0. The van der Waals surface area contributed by atoms with Gasteiger partial charge in [-0.25, -0.2) is 0 Å². The van der Waals surface area contributed by atoms with Crippen molar-refractivity contribution in [2.75, 3.05) is 40.5 Å². The molecule has 0 radical (unpaired) electrons. The fourth-order valence-electron chi connectivity index (χ4n) is 2.49. The van der Waals surface area contributed by atoms with Crippen molar-refractivity contribution in [1.29, 1.82) is 0 Å². The zero-order valence-corrected chi connectivity index (χ0v) is 12.7. The highest BCUT2D eigenvalue weighted by Crippen LogP contribution is 2.19. The number of ether oxygens (including phenoxy) is 3. The van der Waals surface area contributed by atoms with Crippen LogP contribution in [0, 0.1) is 5.92 Å². The fourth-order valence-corrected chi connectivity index (χ4v) is 2.49. The van der Waals surface area contributed by atoms with Crippen molar-refractivity contribution in [3.8, 4) is 11.5 Å². The molecule has 1 aliphatic rings. The topological polar surface area (TPSA) is 48.0 Å². The number of piperidine rings is 1. The van der Waals surface area contributed by atoms with Crippen molar-refractivity contribution in [3.05, 3.63) is 24.3 Å². The first-order valence-corrected chi connectivity index (χ1v) is 7.26. The predicted octanol–water partition coefficient (Wildman–Crippen LogP) is 1.96. The lowest BCUT2D eigenvalue weighted by atomic mass is 9.98. The first-order valence-electron chi connectivity index (χ1n) is 7.26. The van der Waals surface area contributed by atoms with E-state index in [1.807, 2.05) is 17.0 Å². The molecule has 1 aromatic rings. The molecule has 0 unspecified atom stereocenters. The average molecular weight is 293 g/mol. The van der Waals surface area contributed by atoms with Gasteiger partial charge in [0.05, 0.1) is 7.11 Å². The van der Waals surface area contributed by atoms with Crippen LogP contribution in [0.2, 0.25) is 0 Å². The molecule has 21 heavy (non-hydrogen) atoms. The first-order chi connectivity index (χ1) is 10.2. The maximum Gasteiger partial charge on any atom is 0.260 e. The van der Waals surface area contributed by atoms with Gasteiger partial charge in [0.1, 0.15) is 11.5 Å². The molecular formula is C16H23NO4. The molecule has 2 rings (SSSR count). The first kappa shape index (κ1) is 15.6. The van der Waals surface area contributed by atoms with Gasteiger partial charge in [0, 0.05) is 26.8 Å². The third kappa shape index (κ3) is 4.63. The van der Waals surface area contributed by atoms with Gasteiger partial charge < -0.3 is 19.1 Å². The summed E-state index contributed by atoms with van der Waals surface area (Å²) in [6.07, 6.45) is 2.00. The molecule has 0 aliphatic carbocycles. The van der Waals surface area contributed by atoms with Crippen molar-refractivity contribution >= 4 is 5.91 Å². The van der Waals surface area contributed by atoms with Gasteiger partial charge in [0.25, 0.3) is 5.91 Å². The maximum atomic E-state index is 12.1. The summed E-state index contributed by atoms with van der Waals surface area (Å²) in [4.78, 5) is 14.0. The molecule has 0 bridgehead atoms. The third-order valence-electron chi connectivity index (χ3n) is 3.79. The number of nitrogens with zero attached hydrogens (tertiary/aromatic N) is 1. The Labute approximate surface area is 125 Å². The summed E-state index contributed by atoms with van der Waals surface area (Å²) >= 11 is 0. The van der Waals surface area contributed by atoms with E-state index >= 15 is 0 Å². The molecular weight excluding hydrogens is 270 g/mol. The lowest BCUT2D eigenvalue weighted by Gasteiger charge is -2.31. The Morgan fingerprint density at radius 1 is 1.14 bits per heavy atom. The van der Waals surface area contributed by atoms with Crippen molar-refractivity contribution < 1.29 is 19.0 Å². The molecule has 5 heteroatoms. The van der Waals surface area contributed by atoms with Gasteiger partial charge in [-0.05, 0) is 43.0 Å². The van der Waals surface area contributed by atoms with Gasteiger partial charge in [-0.1, -0.05) is 0 Å². The normalized spacial score (nSPS) is 15.8. The van der Waals surface area contributed by atoms with Gasteiger partial charge in [-0.15, -0.1) is 0 Å². The monoisotopic (exact) mass is 293 g/mol. The largest absolute Gasteiger partial charge is 0.497 e. The molecule has 1 heterocycles. The van der Waals surface area contributed by atoms with E-state index < -0.39 is 0 Å².